The number of hydrogen-bond acceptors (Lipinski definition) is 5. The highest BCUT2D eigenvalue weighted by atomic mass is 19.4. The summed E-state index contributed by atoms with van der Waals surface area (Å²) in [7, 11) is 2.37. The van der Waals surface area contributed by atoms with Crippen LogP contribution in [0.5, 0.6) is 0 Å². The Morgan fingerprint density at radius 3 is 2.36 bits per heavy atom. The summed E-state index contributed by atoms with van der Waals surface area (Å²) in [6, 6.07) is 2.51. The number of imide groups is 1. The number of methoxy groups -OCH3 is 1. The molecule has 2 amide bonds. The van der Waals surface area contributed by atoms with Crippen molar-refractivity contribution in [2.75, 3.05) is 14.2 Å². The Kier molecular flexibility index (Phi) is 4.06. The summed E-state index contributed by atoms with van der Waals surface area (Å²) in [5.74, 6) is -4.19. The third kappa shape index (κ3) is 2.58. The number of nitrogens with zero attached hydrogens (tertiary/aromatic N) is 1. The predicted octanol–water partition coefficient (Wildman–Crippen LogP) is 1.12. The number of alkyl halides is 3. The first-order chi connectivity index (χ1) is 11.7. The Morgan fingerprint density at radius 1 is 1.16 bits per heavy atom. The van der Waals surface area contributed by atoms with E-state index in [1.807, 2.05) is 0 Å². The largest absolute Gasteiger partial charge is 0.468 e. The SMILES string of the molecule is COC(=O)C1NC(c2ccccc2C(F)(F)F)C2C(=O)N(C)C(=O)C12. The number of benzene rings is 1. The third-order valence-corrected chi connectivity index (χ3v) is 4.75. The van der Waals surface area contributed by atoms with Gasteiger partial charge in [0, 0.05) is 13.1 Å². The monoisotopic (exact) mass is 356 g/mol. The molecule has 25 heavy (non-hydrogen) atoms. The van der Waals surface area contributed by atoms with Crippen molar-refractivity contribution in [3.63, 3.8) is 0 Å². The molecule has 0 spiro atoms. The van der Waals surface area contributed by atoms with Gasteiger partial charge in [0.2, 0.25) is 11.8 Å². The van der Waals surface area contributed by atoms with Crippen molar-refractivity contribution in [2.24, 2.45) is 11.8 Å². The highest BCUT2D eigenvalue weighted by Gasteiger charge is 2.61. The van der Waals surface area contributed by atoms with Crippen LogP contribution in [0.3, 0.4) is 0 Å². The van der Waals surface area contributed by atoms with Gasteiger partial charge < -0.3 is 4.74 Å². The molecule has 0 bridgehead atoms. The highest BCUT2D eigenvalue weighted by molar-refractivity contribution is 6.08. The zero-order valence-electron chi connectivity index (χ0n) is 13.3. The lowest BCUT2D eigenvalue weighted by Gasteiger charge is -2.22. The summed E-state index contributed by atoms with van der Waals surface area (Å²) < 4.78 is 44.6. The minimum Gasteiger partial charge on any atom is -0.468 e. The first-order valence-electron chi connectivity index (χ1n) is 7.50. The van der Waals surface area contributed by atoms with Crippen LogP contribution in [-0.4, -0.2) is 42.9 Å². The van der Waals surface area contributed by atoms with E-state index in [1.54, 1.807) is 0 Å². The summed E-state index contributed by atoms with van der Waals surface area (Å²) in [5.41, 5.74) is -1.08. The molecule has 1 aromatic carbocycles. The first kappa shape index (κ1) is 17.4. The molecule has 9 heteroatoms. The van der Waals surface area contributed by atoms with Gasteiger partial charge in [0.05, 0.1) is 24.5 Å². The summed E-state index contributed by atoms with van der Waals surface area (Å²) in [4.78, 5) is 37.6. The van der Waals surface area contributed by atoms with E-state index >= 15 is 0 Å². The molecule has 2 saturated heterocycles. The second kappa shape index (κ2) is 5.83. The molecular weight excluding hydrogens is 341 g/mol. The molecule has 2 heterocycles. The minimum atomic E-state index is -4.63. The number of amides is 2. The van der Waals surface area contributed by atoms with E-state index in [1.165, 1.54) is 25.2 Å². The number of halogens is 3. The Bertz CT molecular complexity index is 749. The van der Waals surface area contributed by atoms with E-state index in [0.29, 0.717) is 0 Å². The maximum Gasteiger partial charge on any atom is 0.416 e. The van der Waals surface area contributed by atoms with Crippen molar-refractivity contribution in [1.29, 1.82) is 0 Å². The smallest absolute Gasteiger partial charge is 0.416 e. The van der Waals surface area contributed by atoms with Crippen molar-refractivity contribution < 1.29 is 32.3 Å². The van der Waals surface area contributed by atoms with Gasteiger partial charge in [-0.1, -0.05) is 18.2 Å². The lowest BCUT2D eigenvalue weighted by Crippen LogP contribution is -2.42. The zero-order chi connectivity index (χ0) is 18.5. The number of nitrogens with one attached hydrogen (secondary N) is 1. The molecule has 0 radical (unpaired) electrons. The molecule has 134 valence electrons. The number of likely N-dealkylation sites (tertiary alicyclic amines) is 1. The Labute approximate surface area is 140 Å². The topological polar surface area (TPSA) is 75.7 Å². The lowest BCUT2D eigenvalue weighted by atomic mass is 9.85. The molecule has 2 aliphatic rings. The van der Waals surface area contributed by atoms with E-state index in [9.17, 15) is 27.6 Å². The minimum absolute atomic E-state index is 0.173. The Hall–Kier alpha value is -2.42. The van der Waals surface area contributed by atoms with Crippen molar-refractivity contribution >= 4 is 17.8 Å². The van der Waals surface area contributed by atoms with E-state index in [0.717, 1.165) is 18.1 Å². The molecule has 4 unspecified atom stereocenters. The molecule has 3 rings (SSSR count). The van der Waals surface area contributed by atoms with Crippen LogP contribution in [0, 0.1) is 11.8 Å². The molecule has 1 N–H and O–H groups in total. The van der Waals surface area contributed by atoms with Gasteiger partial charge in [-0.15, -0.1) is 0 Å². The van der Waals surface area contributed by atoms with Gasteiger partial charge in [-0.3, -0.25) is 24.6 Å². The average Bonchev–Trinajstić information content (AvgIpc) is 3.07. The number of carbonyl (C=O) groups excluding carboxylic acids is 3. The van der Waals surface area contributed by atoms with E-state index in [4.69, 9.17) is 0 Å². The van der Waals surface area contributed by atoms with Crippen LogP contribution in [0.1, 0.15) is 17.2 Å². The van der Waals surface area contributed by atoms with Gasteiger partial charge in [0.1, 0.15) is 6.04 Å². The molecule has 0 aromatic heterocycles. The molecule has 2 aliphatic heterocycles. The number of esters is 1. The third-order valence-electron chi connectivity index (χ3n) is 4.75. The zero-order valence-corrected chi connectivity index (χ0v) is 13.3. The van der Waals surface area contributed by atoms with Crippen LogP contribution in [-0.2, 0) is 25.3 Å². The van der Waals surface area contributed by atoms with Gasteiger partial charge in [0.15, 0.2) is 0 Å². The van der Waals surface area contributed by atoms with E-state index in [2.05, 4.69) is 10.1 Å². The van der Waals surface area contributed by atoms with Crippen LogP contribution in [0.2, 0.25) is 0 Å². The second-order valence-electron chi connectivity index (χ2n) is 6.02. The summed E-state index contributed by atoms with van der Waals surface area (Å²) >= 11 is 0. The fourth-order valence-electron chi connectivity index (χ4n) is 3.61. The van der Waals surface area contributed by atoms with Gasteiger partial charge in [-0.25, -0.2) is 0 Å². The molecule has 0 aliphatic carbocycles. The predicted molar refractivity (Wildman–Crippen MR) is 77.9 cm³/mol. The number of rotatable bonds is 2. The second-order valence-corrected chi connectivity index (χ2v) is 6.02. The van der Waals surface area contributed by atoms with Crippen molar-refractivity contribution in [3.05, 3.63) is 35.4 Å². The molecule has 4 atom stereocenters. The van der Waals surface area contributed by atoms with Gasteiger partial charge in [-0.05, 0) is 11.6 Å². The van der Waals surface area contributed by atoms with Gasteiger partial charge >= 0.3 is 12.1 Å². The molecule has 6 nitrogen and oxygen atoms in total. The average molecular weight is 356 g/mol. The fraction of sp³-hybridized carbons (Fsp3) is 0.438. The van der Waals surface area contributed by atoms with Crippen LogP contribution in [0.25, 0.3) is 0 Å². The Morgan fingerprint density at radius 2 is 1.76 bits per heavy atom. The van der Waals surface area contributed by atoms with E-state index in [-0.39, 0.29) is 5.56 Å². The summed E-state index contributed by atoms with van der Waals surface area (Å²) in [6.45, 7) is 0. The maximum absolute atomic E-state index is 13.3. The molecule has 1 aromatic rings. The summed E-state index contributed by atoms with van der Waals surface area (Å²) in [5, 5.41) is 2.71. The number of carbonyl (C=O) groups is 3. The Balaban J connectivity index is 2.11. The fourth-order valence-corrected chi connectivity index (χ4v) is 3.61. The maximum atomic E-state index is 13.3. The van der Waals surface area contributed by atoms with Crippen LogP contribution in [0.4, 0.5) is 13.2 Å². The number of fused-ring (bicyclic) bond motifs is 1. The quantitative estimate of drug-likeness (QED) is 0.635. The molecule has 0 saturated carbocycles. The summed E-state index contributed by atoms with van der Waals surface area (Å²) in [6.07, 6.45) is -4.63. The first-order valence-corrected chi connectivity index (χ1v) is 7.50. The van der Waals surface area contributed by atoms with E-state index < -0.39 is 53.4 Å². The highest BCUT2D eigenvalue weighted by Crippen LogP contribution is 2.46. The van der Waals surface area contributed by atoms with Crippen molar-refractivity contribution in [3.8, 4) is 0 Å². The van der Waals surface area contributed by atoms with Crippen LogP contribution >= 0.6 is 0 Å². The number of hydrogen-bond donors (Lipinski definition) is 1. The van der Waals surface area contributed by atoms with Gasteiger partial charge in [0.25, 0.3) is 0 Å². The normalized spacial score (nSPS) is 29.1. The standard InChI is InChI=1S/C16H15F3N2O4/c1-21-13(22)9-10(14(21)23)12(15(24)25-2)20-11(9)7-5-3-4-6-8(7)16(17,18)19/h3-6,9-12,20H,1-2H3. The van der Waals surface area contributed by atoms with Crippen molar-refractivity contribution in [2.45, 2.75) is 18.3 Å². The molecular formula is C16H15F3N2O4. The van der Waals surface area contributed by atoms with Crippen LogP contribution < -0.4 is 5.32 Å². The molecule has 2 fully saturated rings. The lowest BCUT2D eigenvalue weighted by molar-refractivity contribution is -0.147. The van der Waals surface area contributed by atoms with Crippen LogP contribution in [0.15, 0.2) is 24.3 Å². The van der Waals surface area contributed by atoms with Crippen molar-refractivity contribution in [1.82, 2.24) is 10.2 Å². The number of ether oxygens (including phenoxy) is 1. The van der Waals surface area contributed by atoms with Gasteiger partial charge in [-0.2, -0.15) is 13.2 Å².